The monoisotopic (exact) mass is 366 g/mol. The fourth-order valence-electron chi connectivity index (χ4n) is 2.71. The zero-order valence-electron chi connectivity index (χ0n) is 14.5. The van der Waals surface area contributed by atoms with Gasteiger partial charge < -0.3 is 4.74 Å². The van der Waals surface area contributed by atoms with Crippen LogP contribution < -0.4 is 5.43 Å². The van der Waals surface area contributed by atoms with E-state index in [0.29, 0.717) is 11.1 Å². The van der Waals surface area contributed by atoms with Gasteiger partial charge in [-0.25, -0.2) is 0 Å². The number of esters is 1. The molecule has 138 valence electrons. The van der Waals surface area contributed by atoms with E-state index in [1.54, 1.807) is 60.7 Å². The molecule has 1 aliphatic rings. The lowest BCUT2D eigenvalue weighted by atomic mass is 10.1. The molecule has 3 rings (SSSR count). The normalized spacial score (nSPS) is 16.1. The summed E-state index contributed by atoms with van der Waals surface area (Å²) in [6.45, 7) is -0.375. The number of ether oxygens (including phenoxy) is 1. The maximum Gasteiger partial charge on any atom is 0.311 e. The molecule has 1 aliphatic heterocycles. The number of hydrogen-bond acceptors (Lipinski definition) is 5. The molecule has 2 aromatic rings. The number of benzene rings is 2. The maximum atomic E-state index is 12.2. The summed E-state index contributed by atoms with van der Waals surface area (Å²) in [7, 11) is 0. The Morgan fingerprint density at radius 2 is 1.56 bits per heavy atom. The van der Waals surface area contributed by atoms with Gasteiger partial charge in [-0.05, 0) is 12.1 Å². The van der Waals surface area contributed by atoms with Crippen LogP contribution in [0.15, 0.2) is 60.7 Å². The number of hydrazine groups is 1. The number of nitrogens with one attached hydrogen (secondary N) is 1. The molecule has 1 N–H and O–H groups in total. The van der Waals surface area contributed by atoms with Crippen LogP contribution in [0.4, 0.5) is 0 Å². The number of carbonyl (C=O) groups excluding carboxylic acids is 4. The number of nitrogens with zero attached hydrogens (tertiary/aromatic N) is 1. The highest BCUT2D eigenvalue weighted by molar-refractivity contribution is 5.98. The van der Waals surface area contributed by atoms with Gasteiger partial charge in [0.05, 0.1) is 12.5 Å². The van der Waals surface area contributed by atoms with Crippen LogP contribution in [-0.2, 0) is 14.3 Å². The molecule has 1 heterocycles. The van der Waals surface area contributed by atoms with E-state index in [4.69, 9.17) is 4.74 Å². The van der Waals surface area contributed by atoms with Crippen molar-refractivity contribution in [2.24, 2.45) is 5.92 Å². The SMILES string of the molecule is O=C(COC(=O)[C@@H]1CC(=O)N(NC(=O)c2ccccc2)C1)c1ccccc1. The molecule has 0 aromatic heterocycles. The summed E-state index contributed by atoms with van der Waals surface area (Å²) in [5.41, 5.74) is 3.35. The minimum Gasteiger partial charge on any atom is -0.457 e. The molecule has 1 fully saturated rings. The van der Waals surface area contributed by atoms with Crippen molar-refractivity contribution in [2.45, 2.75) is 6.42 Å². The first-order valence-corrected chi connectivity index (χ1v) is 8.46. The highest BCUT2D eigenvalue weighted by Gasteiger charge is 2.36. The topological polar surface area (TPSA) is 92.8 Å². The number of amides is 2. The first-order chi connectivity index (χ1) is 13.0. The third-order valence-electron chi connectivity index (χ3n) is 4.17. The van der Waals surface area contributed by atoms with Crippen molar-refractivity contribution in [1.29, 1.82) is 0 Å². The van der Waals surface area contributed by atoms with Crippen LogP contribution in [-0.4, -0.2) is 41.7 Å². The van der Waals surface area contributed by atoms with E-state index in [-0.39, 0.29) is 31.3 Å². The lowest BCUT2D eigenvalue weighted by Gasteiger charge is -2.17. The third-order valence-corrected chi connectivity index (χ3v) is 4.17. The first kappa shape index (κ1) is 18.3. The van der Waals surface area contributed by atoms with E-state index in [0.717, 1.165) is 5.01 Å². The van der Waals surface area contributed by atoms with Crippen LogP contribution in [0.1, 0.15) is 27.1 Å². The smallest absolute Gasteiger partial charge is 0.311 e. The largest absolute Gasteiger partial charge is 0.457 e. The quantitative estimate of drug-likeness (QED) is 0.619. The molecule has 7 heteroatoms. The Bertz CT molecular complexity index is 851. The van der Waals surface area contributed by atoms with Crippen molar-refractivity contribution in [3.05, 3.63) is 71.8 Å². The molecular formula is C20H18N2O5. The van der Waals surface area contributed by atoms with Crippen molar-refractivity contribution in [3.63, 3.8) is 0 Å². The lowest BCUT2D eigenvalue weighted by molar-refractivity contribution is -0.147. The van der Waals surface area contributed by atoms with Crippen molar-refractivity contribution in [2.75, 3.05) is 13.2 Å². The summed E-state index contributed by atoms with van der Waals surface area (Å²) >= 11 is 0. The lowest BCUT2D eigenvalue weighted by Crippen LogP contribution is -2.43. The Kier molecular flexibility index (Phi) is 5.61. The Labute approximate surface area is 155 Å². The standard InChI is InChI=1S/C20H18N2O5/c23-17(14-7-3-1-4-8-14)13-27-20(26)16-11-18(24)22(12-16)21-19(25)15-9-5-2-6-10-15/h1-10,16H,11-13H2,(H,21,25)/t16-/m1/s1. The summed E-state index contributed by atoms with van der Waals surface area (Å²) in [4.78, 5) is 48.3. The van der Waals surface area contributed by atoms with E-state index < -0.39 is 17.8 Å². The van der Waals surface area contributed by atoms with Crippen LogP contribution in [0, 0.1) is 5.92 Å². The van der Waals surface area contributed by atoms with Gasteiger partial charge in [-0.2, -0.15) is 0 Å². The molecule has 27 heavy (non-hydrogen) atoms. The number of rotatable bonds is 6. The number of ketones is 1. The van der Waals surface area contributed by atoms with E-state index in [1.807, 2.05) is 0 Å². The number of carbonyl (C=O) groups is 4. The second-order valence-corrected chi connectivity index (χ2v) is 6.11. The highest BCUT2D eigenvalue weighted by Crippen LogP contribution is 2.18. The summed E-state index contributed by atoms with van der Waals surface area (Å²) in [6.07, 6.45) is -0.0760. The van der Waals surface area contributed by atoms with Gasteiger partial charge in [0.1, 0.15) is 0 Å². The maximum absolute atomic E-state index is 12.2. The van der Waals surface area contributed by atoms with Crippen LogP contribution in [0.5, 0.6) is 0 Å². The molecule has 0 bridgehead atoms. The molecule has 1 saturated heterocycles. The third kappa shape index (κ3) is 4.58. The van der Waals surface area contributed by atoms with Gasteiger partial charge in [-0.3, -0.25) is 29.6 Å². The number of hydrogen-bond donors (Lipinski definition) is 1. The van der Waals surface area contributed by atoms with Crippen LogP contribution in [0.3, 0.4) is 0 Å². The Balaban J connectivity index is 1.51. The Morgan fingerprint density at radius 1 is 0.963 bits per heavy atom. The predicted octanol–water partition coefficient (Wildman–Crippen LogP) is 1.61. The van der Waals surface area contributed by atoms with E-state index in [9.17, 15) is 19.2 Å². The molecule has 0 unspecified atom stereocenters. The number of Topliss-reactive ketones (excluding diaryl/α,β-unsaturated/α-hetero) is 1. The molecule has 2 aromatic carbocycles. The Hall–Kier alpha value is -3.48. The van der Waals surface area contributed by atoms with E-state index in [2.05, 4.69) is 5.43 Å². The van der Waals surface area contributed by atoms with E-state index in [1.165, 1.54) is 0 Å². The molecular weight excluding hydrogens is 348 g/mol. The second kappa shape index (κ2) is 8.27. The van der Waals surface area contributed by atoms with Gasteiger partial charge in [0, 0.05) is 17.5 Å². The first-order valence-electron chi connectivity index (χ1n) is 8.46. The highest BCUT2D eigenvalue weighted by atomic mass is 16.5. The minimum atomic E-state index is -0.725. The molecule has 1 atom stereocenters. The zero-order valence-corrected chi connectivity index (χ0v) is 14.5. The molecule has 0 aliphatic carbocycles. The average Bonchev–Trinajstić information content (AvgIpc) is 3.07. The van der Waals surface area contributed by atoms with Gasteiger partial charge >= 0.3 is 5.97 Å². The van der Waals surface area contributed by atoms with Crippen LogP contribution in [0.25, 0.3) is 0 Å². The zero-order chi connectivity index (χ0) is 19.2. The second-order valence-electron chi connectivity index (χ2n) is 6.11. The summed E-state index contributed by atoms with van der Waals surface area (Å²) < 4.78 is 5.05. The summed E-state index contributed by atoms with van der Waals surface area (Å²) in [5, 5.41) is 1.11. The van der Waals surface area contributed by atoms with E-state index >= 15 is 0 Å². The van der Waals surface area contributed by atoms with Crippen molar-refractivity contribution >= 4 is 23.6 Å². The van der Waals surface area contributed by atoms with Crippen LogP contribution >= 0.6 is 0 Å². The van der Waals surface area contributed by atoms with Gasteiger partial charge in [0.2, 0.25) is 5.91 Å². The molecule has 0 saturated carbocycles. The fraction of sp³-hybridized carbons (Fsp3) is 0.200. The van der Waals surface area contributed by atoms with Crippen molar-refractivity contribution < 1.29 is 23.9 Å². The molecule has 0 radical (unpaired) electrons. The van der Waals surface area contributed by atoms with Crippen molar-refractivity contribution in [3.8, 4) is 0 Å². The van der Waals surface area contributed by atoms with Gasteiger partial charge in [-0.15, -0.1) is 0 Å². The molecule has 7 nitrogen and oxygen atoms in total. The molecule has 2 amide bonds. The van der Waals surface area contributed by atoms with Crippen molar-refractivity contribution in [1.82, 2.24) is 10.4 Å². The van der Waals surface area contributed by atoms with Gasteiger partial charge in [0.25, 0.3) is 5.91 Å². The predicted molar refractivity (Wildman–Crippen MR) is 95.5 cm³/mol. The minimum absolute atomic E-state index is 0.00969. The van der Waals surface area contributed by atoms with Gasteiger partial charge in [-0.1, -0.05) is 48.5 Å². The van der Waals surface area contributed by atoms with Gasteiger partial charge in [0.15, 0.2) is 12.4 Å². The summed E-state index contributed by atoms with van der Waals surface area (Å²) in [6, 6.07) is 16.9. The molecule has 0 spiro atoms. The summed E-state index contributed by atoms with van der Waals surface area (Å²) in [5.74, 6) is -2.49. The fourth-order valence-corrected chi connectivity index (χ4v) is 2.71. The Morgan fingerprint density at radius 3 is 2.19 bits per heavy atom. The average molecular weight is 366 g/mol. The van der Waals surface area contributed by atoms with Crippen LogP contribution in [0.2, 0.25) is 0 Å².